The van der Waals surface area contributed by atoms with Gasteiger partial charge in [-0.2, -0.15) is 0 Å². The van der Waals surface area contributed by atoms with Crippen molar-refractivity contribution in [2.75, 3.05) is 7.05 Å². The van der Waals surface area contributed by atoms with Crippen molar-refractivity contribution in [3.63, 3.8) is 0 Å². The van der Waals surface area contributed by atoms with Crippen LogP contribution in [0.2, 0.25) is 0 Å². The molecule has 2 bridgehead atoms. The van der Waals surface area contributed by atoms with Gasteiger partial charge >= 0.3 is 0 Å². The maximum atomic E-state index is 4.16. The number of piperidine rings is 1. The lowest BCUT2D eigenvalue weighted by Gasteiger charge is -2.35. The number of hydrogen-bond donors (Lipinski definition) is 1. The molecular weight excluding hydrogens is 250 g/mol. The Bertz CT molecular complexity index is 382. The second-order valence-corrected chi connectivity index (χ2v) is 5.56. The maximum Gasteiger partial charge on any atom is 0.0966 e. The molecule has 2 fully saturated rings. The van der Waals surface area contributed by atoms with Crippen LogP contribution in [-0.2, 0) is 13.6 Å². The average Bonchev–Trinajstić information content (AvgIpc) is 2.85. The van der Waals surface area contributed by atoms with Crippen LogP contribution >= 0.6 is 12.4 Å². The van der Waals surface area contributed by atoms with Crippen molar-refractivity contribution in [2.24, 2.45) is 7.05 Å². The van der Waals surface area contributed by atoms with E-state index < -0.39 is 0 Å². The fourth-order valence-electron chi connectivity index (χ4n) is 3.24. The van der Waals surface area contributed by atoms with Gasteiger partial charge in [0.25, 0.3) is 0 Å². The maximum absolute atomic E-state index is 4.16. The van der Waals surface area contributed by atoms with Crippen LogP contribution in [0.5, 0.6) is 0 Å². The van der Waals surface area contributed by atoms with Gasteiger partial charge < -0.3 is 5.32 Å². The van der Waals surface area contributed by atoms with E-state index in [9.17, 15) is 0 Å². The van der Waals surface area contributed by atoms with Gasteiger partial charge in [-0.3, -0.25) is 9.58 Å². The first-order chi connectivity index (χ1) is 8.20. The molecule has 2 saturated heterocycles. The van der Waals surface area contributed by atoms with E-state index in [0.29, 0.717) is 6.04 Å². The van der Waals surface area contributed by atoms with E-state index in [1.807, 2.05) is 13.2 Å². The minimum absolute atomic E-state index is 0. The molecule has 0 amide bonds. The summed E-state index contributed by atoms with van der Waals surface area (Å²) in [5.74, 6) is 0. The molecule has 0 aliphatic carbocycles. The number of nitrogens with one attached hydrogen (secondary N) is 1. The molecule has 1 N–H and O–H groups in total. The van der Waals surface area contributed by atoms with Gasteiger partial charge in [0, 0.05) is 37.9 Å². The quantitative estimate of drug-likeness (QED) is 0.889. The first-order valence-corrected chi connectivity index (χ1v) is 6.52. The number of halogens is 1. The van der Waals surface area contributed by atoms with E-state index in [0.717, 1.165) is 24.3 Å². The van der Waals surface area contributed by atoms with Crippen molar-refractivity contribution in [1.82, 2.24) is 25.2 Å². The predicted molar refractivity (Wildman–Crippen MR) is 72.7 cm³/mol. The molecule has 0 saturated carbocycles. The van der Waals surface area contributed by atoms with E-state index in [1.165, 1.54) is 25.7 Å². The molecule has 3 heterocycles. The Morgan fingerprint density at radius 2 is 2.06 bits per heavy atom. The first kappa shape index (κ1) is 13.8. The zero-order valence-corrected chi connectivity index (χ0v) is 11.9. The number of nitrogens with zero attached hydrogens (tertiary/aromatic N) is 4. The summed E-state index contributed by atoms with van der Waals surface area (Å²) in [6.45, 7) is 0.915. The second-order valence-electron chi connectivity index (χ2n) is 5.56. The molecule has 0 aromatic carbocycles. The summed E-state index contributed by atoms with van der Waals surface area (Å²) in [6.07, 6.45) is 7.30. The van der Waals surface area contributed by atoms with Crippen molar-refractivity contribution >= 4 is 12.4 Å². The fourth-order valence-corrected chi connectivity index (χ4v) is 3.24. The van der Waals surface area contributed by atoms with Crippen LogP contribution in [-0.4, -0.2) is 45.1 Å². The van der Waals surface area contributed by atoms with Gasteiger partial charge in [-0.15, -0.1) is 17.5 Å². The molecule has 3 rings (SSSR count). The molecule has 0 spiro atoms. The summed E-state index contributed by atoms with van der Waals surface area (Å²) in [4.78, 5) is 2.44. The van der Waals surface area contributed by atoms with E-state index in [4.69, 9.17) is 0 Å². The Labute approximate surface area is 114 Å². The molecule has 1 aromatic rings. The third kappa shape index (κ3) is 2.84. The Kier molecular flexibility index (Phi) is 4.25. The van der Waals surface area contributed by atoms with Gasteiger partial charge in [0.1, 0.15) is 0 Å². The monoisotopic (exact) mass is 271 g/mol. The summed E-state index contributed by atoms with van der Waals surface area (Å²) in [5.41, 5.74) is 1.07. The number of aromatic nitrogens is 3. The lowest BCUT2D eigenvalue weighted by Crippen LogP contribution is -2.46. The van der Waals surface area contributed by atoms with Crippen molar-refractivity contribution in [1.29, 1.82) is 0 Å². The highest BCUT2D eigenvalue weighted by Crippen LogP contribution is 2.29. The number of rotatable bonds is 3. The van der Waals surface area contributed by atoms with Crippen LogP contribution in [0.25, 0.3) is 0 Å². The van der Waals surface area contributed by atoms with Gasteiger partial charge in [0.15, 0.2) is 0 Å². The second kappa shape index (κ2) is 5.55. The molecule has 2 aliphatic rings. The molecule has 2 unspecified atom stereocenters. The molecule has 18 heavy (non-hydrogen) atoms. The minimum atomic E-state index is 0. The molecule has 102 valence electrons. The SMILES string of the molecule is CN(Cc1cn(C)nn1)C1CC2CCC(C1)N2.Cl. The van der Waals surface area contributed by atoms with Gasteiger partial charge in [-0.05, 0) is 32.7 Å². The molecule has 6 heteroatoms. The summed E-state index contributed by atoms with van der Waals surface area (Å²) in [5, 5.41) is 11.8. The van der Waals surface area contributed by atoms with Crippen LogP contribution in [0.4, 0.5) is 0 Å². The normalized spacial score (nSPS) is 30.5. The first-order valence-electron chi connectivity index (χ1n) is 6.52. The standard InChI is InChI=1S/C12H21N5.ClH/c1-16(7-11-8-17(2)15-14-11)12-5-9-3-4-10(6-12)13-9;/h8-10,12-13H,3-7H2,1-2H3;1H. The summed E-state index contributed by atoms with van der Waals surface area (Å²) in [6, 6.07) is 2.21. The van der Waals surface area contributed by atoms with Crippen LogP contribution < -0.4 is 5.32 Å². The highest BCUT2D eigenvalue weighted by atomic mass is 35.5. The molecule has 1 aromatic heterocycles. The molecule has 0 radical (unpaired) electrons. The van der Waals surface area contributed by atoms with Gasteiger partial charge in [0.05, 0.1) is 5.69 Å². The summed E-state index contributed by atoms with van der Waals surface area (Å²) in [7, 11) is 4.13. The van der Waals surface area contributed by atoms with Crippen LogP contribution in [0.1, 0.15) is 31.4 Å². The lowest BCUT2D eigenvalue weighted by atomic mass is 9.98. The van der Waals surface area contributed by atoms with Crippen molar-refractivity contribution in [3.8, 4) is 0 Å². The molecular formula is C12H22ClN5. The molecule has 2 aliphatic heterocycles. The number of fused-ring (bicyclic) bond motifs is 2. The Balaban J connectivity index is 0.00000120. The average molecular weight is 272 g/mol. The number of hydrogen-bond acceptors (Lipinski definition) is 4. The topological polar surface area (TPSA) is 46.0 Å². The van der Waals surface area contributed by atoms with E-state index in [1.54, 1.807) is 4.68 Å². The van der Waals surface area contributed by atoms with E-state index in [-0.39, 0.29) is 12.4 Å². The summed E-state index contributed by atoms with van der Waals surface area (Å²) < 4.78 is 1.77. The van der Waals surface area contributed by atoms with Gasteiger partial charge in [0.2, 0.25) is 0 Å². The van der Waals surface area contributed by atoms with Crippen molar-refractivity contribution < 1.29 is 0 Å². The van der Waals surface area contributed by atoms with Gasteiger partial charge in [-0.1, -0.05) is 5.21 Å². The highest BCUT2D eigenvalue weighted by molar-refractivity contribution is 5.85. The highest BCUT2D eigenvalue weighted by Gasteiger charge is 2.35. The minimum Gasteiger partial charge on any atom is -0.311 e. The fraction of sp³-hybridized carbons (Fsp3) is 0.833. The van der Waals surface area contributed by atoms with Crippen LogP contribution in [0.3, 0.4) is 0 Å². The Morgan fingerprint density at radius 1 is 1.39 bits per heavy atom. The Morgan fingerprint density at radius 3 is 2.61 bits per heavy atom. The van der Waals surface area contributed by atoms with Crippen molar-refractivity contribution in [2.45, 2.75) is 50.4 Å². The molecule has 2 atom stereocenters. The van der Waals surface area contributed by atoms with E-state index in [2.05, 4.69) is 27.6 Å². The summed E-state index contributed by atoms with van der Waals surface area (Å²) >= 11 is 0. The van der Waals surface area contributed by atoms with E-state index >= 15 is 0 Å². The third-order valence-electron chi connectivity index (χ3n) is 4.13. The lowest BCUT2D eigenvalue weighted by molar-refractivity contribution is 0.164. The molecule has 5 nitrogen and oxygen atoms in total. The Hall–Kier alpha value is -0.650. The predicted octanol–water partition coefficient (Wildman–Crippen LogP) is 0.952. The third-order valence-corrected chi connectivity index (χ3v) is 4.13. The van der Waals surface area contributed by atoms with Crippen molar-refractivity contribution in [3.05, 3.63) is 11.9 Å². The van der Waals surface area contributed by atoms with Gasteiger partial charge in [-0.25, -0.2) is 0 Å². The largest absolute Gasteiger partial charge is 0.311 e. The van der Waals surface area contributed by atoms with Crippen LogP contribution in [0, 0.1) is 0 Å². The smallest absolute Gasteiger partial charge is 0.0966 e. The zero-order valence-electron chi connectivity index (χ0n) is 11.0. The number of aryl methyl sites for hydroxylation is 1. The van der Waals surface area contributed by atoms with Crippen LogP contribution in [0.15, 0.2) is 6.20 Å². The zero-order chi connectivity index (χ0) is 11.8.